The second-order valence-electron chi connectivity index (χ2n) is 5.87. The molecule has 0 fully saturated rings. The quantitative estimate of drug-likeness (QED) is 0.112. The van der Waals surface area contributed by atoms with Gasteiger partial charge in [-0.15, -0.1) is 0 Å². The van der Waals surface area contributed by atoms with Crippen LogP contribution < -0.4 is 0 Å². The number of ether oxygens (including phenoxy) is 2. The number of allylic oxidation sites excluding steroid dienone is 2. The minimum atomic E-state index is 0.190. The number of hydrogen-bond acceptors (Lipinski definition) is 3. The molecule has 3 nitrogen and oxygen atoms in total. The summed E-state index contributed by atoms with van der Waals surface area (Å²) < 4.78 is 10.7. The molecule has 0 atom stereocenters. The van der Waals surface area contributed by atoms with Gasteiger partial charge in [0.1, 0.15) is 0 Å². The van der Waals surface area contributed by atoms with E-state index in [2.05, 4.69) is 13.8 Å². The lowest BCUT2D eigenvalue weighted by atomic mass is 10.1. The predicted octanol–water partition coefficient (Wildman–Crippen LogP) is 5.78. The zero-order valence-electron chi connectivity index (χ0n) is 14.8. The molecule has 0 spiro atoms. The highest BCUT2D eigenvalue weighted by molar-refractivity contribution is 5.69. The molecule has 0 aromatic rings. The Morgan fingerprint density at radius 3 is 2.05 bits per heavy atom. The first kappa shape index (κ1) is 21.2. The van der Waals surface area contributed by atoms with Crippen LogP contribution in [0.15, 0.2) is 11.8 Å². The maximum atomic E-state index is 10.9. The van der Waals surface area contributed by atoms with E-state index in [1.165, 1.54) is 57.8 Å². The van der Waals surface area contributed by atoms with Crippen LogP contribution in [-0.2, 0) is 14.3 Å². The first-order chi connectivity index (χ1) is 10.8. The van der Waals surface area contributed by atoms with E-state index in [0.29, 0.717) is 5.76 Å². The van der Waals surface area contributed by atoms with Gasteiger partial charge in [-0.05, 0) is 25.3 Å². The van der Waals surface area contributed by atoms with Gasteiger partial charge >= 0.3 is 0 Å². The van der Waals surface area contributed by atoms with Gasteiger partial charge in [-0.1, -0.05) is 71.6 Å². The van der Waals surface area contributed by atoms with Gasteiger partial charge < -0.3 is 9.47 Å². The predicted molar refractivity (Wildman–Crippen MR) is 92.8 cm³/mol. The Balaban J connectivity index is 3.39. The topological polar surface area (TPSA) is 35.5 Å². The van der Waals surface area contributed by atoms with Crippen LogP contribution in [0.1, 0.15) is 90.9 Å². The lowest BCUT2D eigenvalue weighted by Crippen LogP contribution is -2.02. The van der Waals surface area contributed by atoms with Crippen molar-refractivity contribution >= 4 is 6.29 Å². The number of carbonyl (C=O) groups is 1. The molecule has 130 valence electrons. The van der Waals surface area contributed by atoms with Crippen molar-refractivity contribution in [1.29, 1.82) is 0 Å². The second kappa shape index (κ2) is 18.2. The van der Waals surface area contributed by atoms with Gasteiger partial charge in [0.2, 0.25) is 0 Å². The molecule has 0 aliphatic carbocycles. The van der Waals surface area contributed by atoms with E-state index in [1.807, 2.05) is 6.08 Å². The SMILES string of the molecule is CCCCCCC=C(C=O)OCOCCCCCCCCC. The van der Waals surface area contributed by atoms with Crippen molar-refractivity contribution in [3.63, 3.8) is 0 Å². The van der Waals surface area contributed by atoms with Crippen LogP contribution in [0.25, 0.3) is 0 Å². The summed E-state index contributed by atoms with van der Waals surface area (Å²) in [6, 6.07) is 0. The first-order valence-corrected chi connectivity index (χ1v) is 9.21. The number of unbranched alkanes of at least 4 members (excludes halogenated alkanes) is 10. The fourth-order valence-corrected chi connectivity index (χ4v) is 2.29. The molecule has 3 heteroatoms. The van der Waals surface area contributed by atoms with Crippen molar-refractivity contribution in [2.75, 3.05) is 13.4 Å². The van der Waals surface area contributed by atoms with Crippen LogP contribution in [0.3, 0.4) is 0 Å². The molecule has 0 amide bonds. The Hall–Kier alpha value is -0.830. The molecule has 0 aliphatic heterocycles. The first-order valence-electron chi connectivity index (χ1n) is 9.21. The summed E-state index contributed by atoms with van der Waals surface area (Å²) in [5.41, 5.74) is 0. The smallest absolute Gasteiger partial charge is 0.189 e. The molecule has 0 aliphatic rings. The molecule has 0 aromatic heterocycles. The monoisotopic (exact) mass is 312 g/mol. The molecule has 0 rings (SSSR count). The third-order valence-electron chi connectivity index (χ3n) is 3.72. The molecular formula is C19H36O3. The lowest BCUT2D eigenvalue weighted by molar-refractivity contribution is -0.111. The summed E-state index contributed by atoms with van der Waals surface area (Å²) in [6.07, 6.45) is 17.3. The van der Waals surface area contributed by atoms with E-state index in [0.717, 1.165) is 32.2 Å². The molecule has 0 aromatic carbocycles. The van der Waals surface area contributed by atoms with Gasteiger partial charge in [-0.2, -0.15) is 0 Å². The Labute approximate surface area is 137 Å². The van der Waals surface area contributed by atoms with E-state index in [-0.39, 0.29) is 6.79 Å². The second-order valence-corrected chi connectivity index (χ2v) is 5.87. The molecule has 0 unspecified atom stereocenters. The molecule has 0 N–H and O–H groups in total. The van der Waals surface area contributed by atoms with Crippen LogP contribution in [0.2, 0.25) is 0 Å². The zero-order valence-corrected chi connectivity index (χ0v) is 14.8. The molecule has 0 bridgehead atoms. The number of hydrogen-bond donors (Lipinski definition) is 0. The average molecular weight is 312 g/mol. The fraction of sp³-hybridized carbons (Fsp3) is 0.842. The third-order valence-corrected chi connectivity index (χ3v) is 3.72. The van der Waals surface area contributed by atoms with Crippen molar-refractivity contribution in [3.05, 3.63) is 11.8 Å². The van der Waals surface area contributed by atoms with Crippen molar-refractivity contribution in [2.24, 2.45) is 0 Å². The van der Waals surface area contributed by atoms with E-state index in [4.69, 9.17) is 9.47 Å². The summed E-state index contributed by atoms with van der Waals surface area (Å²) in [6.45, 7) is 5.34. The Morgan fingerprint density at radius 1 is 0.818 bits per heavy atom. The zero-order chi connectivity index (χ0) is 16.3. The van der Waals surface area contributed by atoms with Gasteiger partial charge in [0.25, 0.3) is 0 Å². The molecule has 0 saturated carbocycles. The number of aldehydes is 1. The lowest BCUT2D eigenvalue weighted by Gasteiger charge is -2.07. The summed E-state index contributed by atoms with van der Waals surface area (Å²) in [4.78, 5) is 10.9. The number of carbonyl (C=O) groups excluding carboxylic acids is 1. The highest BCUT2D eigenvalue weighted by Crippen LogP contribution is 2.08. The summed E-state index contributed by atoms with van der Waals surface area (Å²) in [5.74, 6) is 0.413. The highest BCUT2D eigenvalue weighted by atomic mass is 16.7. The van der Waals surface area contributed by atoms with Gasteiger partial charge in [0, 0.05) is 0 Å². The third kappa shape index (κ3) is 15.6. The average Bonchev–Trinajstić information content (AvgIpc) is 2.54. The maximum Gasteiger partial charge on any atom is 0.189 e. The largest absolute Gasteiger partial charge is 0.464 e. The fourth-order valence-electron chi connectivity index (χ4n) is 2.29. The van der Waals surface area contributed by atoms with Crippen LogP contribution in [0, 0.1) is 0 Å². The van der Waals surface area contributed by atoms with Gasteiger partial charge in [0.05, 0.1) is 6.61 Å². The highest BCUT2D eigenvalue weighted by Gasteiger charge is 1.97. The van der Waals surface area contributed by atoms with Crippen molar-refractivity contribution < 1.29 is 14.3 Å². The van der Waals surface area contributed by atoms with Crippen LogP contribution >= 0.6 is 0 Å². The van der Waals surface area contributed by atoms with E-state index < -0.39 is 0 Å². The molecular weight excluding hydrogens is 276 g/mol. The van der Waals surface area contributed by atoms with Crippen molar-refractivity contribution in [1.82, 2.24) is 0 Å². The van der Waals surface area contributed by atoms with Crippen LogP contribution in [0.4, 0.5) is 0 Å². The molecule has 0 heterocycles. The van der Waals surface area contributed by atoms with Crippen LogP contribution in [0.5, 0.6) is 0 Å². The Morgan fingerprint density at radius 2 is 1.41 bits per heavy atom. The summed E-state index contributed by atoms with van der Waals surface area (Å²) in [5, 5.41) is 0. The summed E-state index contributed by atoms with van der Waals surface area (Å²) in [7, 11) is 0. The van der Waals surface area contributed by atoms with E-state index in [9.17, 15) is 4.79 Å². The van der Waals surface area contributed by atoms with Crippen molar-refractivity contribution in [3.8, 4) is 0 Å². The standard InChI is InChI=1S/C19H36O3/c1-3-5-7-9-10-12-14-16-21-18-22-19(17-20)15-13-11-8-6-4-2/h15,17H,3-14,16,18H2,1-2H3. The normalized spacial score (nSPS) is 11.6. The van der Waals surface area contributed by atoms with Crippen molar-refractivity contribution in [2.45, 2.75) is 90.9 Å². The van der Waals surface area contributed by atoms with E-state index in [1.54, 1.807) is 0 Å². The minimum Gasteiger partial charge on any atom is -0.464 e. The minimum absolute atomic E-state index is 0.190. The number of rotatable bonds is 17. The van der Waals surface area contributed by atoms with Crippen LogP contribution in [-0.4, -0.2) is 19.7 Å². The van der Waals surface area contributed by atoms with Gasteiger partial charge in [-0.3, -0.25) is 4.79 Å². The Bertz CT molecular complexity index is 261. The molecule has 22 heavy (non-hydrogen) atoms. The van der Waals surface area contributed by atoms with Gasteiger partial charge in [0.15, 0.2) is 18.8 Å². The summed E-state index contributed by atoms with van der Waals surface area (Å²) >= 11 is 0. The maximum absolute atomic E-state index is 10.9. The van der Waals surface area contributed by atoms with E-state index >= 15 is 0 Å². The van der Waals surface area contributed by atoms with Gasteiger partial charge in [-0.25, -0.2) is 0 Å². The molecule has 0 saturated heterocycles. The Kier molecular flexibility index (Phi) is 17.5. The molecule has 0 radical (unpaired) electrons.